The van der Waals surface area contributed by atoms with Crippen LogP contribution in [0.5, 0.6) is 5.75 Å². The molecule has 0 saturated heterocycles. The van der Waals surface area contributed by atoms with Crippen LogP contribution >= 0.6 is 0 Å². The van der Waals surface area contributed by atoms with Crippen LogP contribution in [0.1, 0.15) is 36.1 Å². The fourth-order valence-electron chi connectivity index (χ4n) is 2.13. The highest BCUT2D eigenvalue weighted by molar-refractivity contribution is 5.91. The third-order valence-corrected chi connectivity index (χ3v) is 3.67. The zero-order valence-electron chi connectivity index (χ0n) is 14.1. The van der Waals surface area contributed by atoms with Crippen molar-refractivity contribution in [3.05, 3.63) is 57.9 Å². The van der Waals surface area contributed by atoms with Gasteiger partial charge in [-0.25, -0.2) is 4.39 Å². The van der Waals surface area contributed by atoms with Crippen molar-refractivity contribution in [2.45, 2.75) is 34.6 Å². The highest BCUT2D eigenvalue weighted by atomic mass is 19.1. The molecule has 0 amide bonds. The van der Waals surface area contributed by atoms with E-state index < -0.39 is 11.6 Å². The number of halogens is 1. The summed E-state index contributed by atoms with van der Waals surface area (Å²) in [6, 6.07) is 2.01. The molecular formula is C19H23FO2. The van der Waals surface area contributed by atoms with E-state index >= 15 is 0 Å². The largest absolute Gasteiger partial charge is 0.496 e. The SMILES string of the molecule is COc1cc(C)c(C=CC(C)=CC=C(F)C(C)=O)c(C)c1C. The van der Waals surface area contributed by atoms with E-state index in [-0.39, 0.29) is 0 Å². The summed E-state index contributed by atoms with van der Waals surface area (Å²) in [4.78, 5) is 10.8. The molecule has 0 N–H and O–H groups in total. The molecule has 0 radical (unpaired) electrons. The number of ketones is 1. The Morgan fingerprint density at radius 1 is 1.14 bits per heavy atom. The van der Waals surface area contributed by atoms with Crippen molar-refractivity contribution in [1.82, 2.24) is 0 Å². The molecule has 0 aliphatic heterocycles. The van der Waals surface area contributed by atoms with Gasteiger partial charge < -0.3 is 4.74 Å². The van der Waals surface area contributed by atoms with Gasteiger partial charge in [-0.1, -0.05) is 23.8 Å². The zero-order valence-corrected chi connectivity index (χ0v) is 14.1. The number of carbonyl (C=O) groups excluding carboxylic acids is 1. The summed E-state index contributed by atoms with van der Waals surface area (Å²) < 4.78 is 18.5. The molecule has 0 bridgehead atoms. The lowest BCUT2D eigenvalue weighted by Crippen LogP contribution is -1.95. The molecule has 22 heavy (non-hydrogen) atoms. The number of ether oxygens (including phenoxy) is 1. The van der Waals surface area contributed by atoms with E-state index in [1.165, 1.54) is 13.0 Å². The molecule has 0 heterocycles. The minimum absolute atomic E-state index is 0.564. The van der Waals surface area contributed by atoms with Crippen molar-refractivity contribution in [3.8, 4) is 5.75 Å². The smallest absolute Gasteiger partial charge is 0.188 e. The third kappa shape index (κ3) is 4.42. The summed E-state index contributed by atoms with van der Waals surface area (Å²) in [6.45, 7) is 9.18. The molecule has 2 nitrogen and oxygen atoms in total. The summed E-state index contributed by atoms with van der Waals surface area (Å²) in [5, 5.41) is 0. The second kappa shape index (κ2) is 7.74. The van der Waals surface area contributed by atoms with Gasteiger partial charge in [-0.05, 0) is 62.1 Å². The maximum atomic E-state index is 13.1. The topological polar surface area (TPSA) is 26.3 Å². The maximum Gasteiger partial charge on any atom is 0.188 e. The number of allylic oxidation sites excluding steroid dienone is 5. The van der Waals surface area contributed by atoms with Gasteiger partial charge in [0.15, 0.2) is 11.6 Å². The van der Waals surface area contributed by atoms with Crippen LogP contribution in [0.3, 0.4) is 0 Å². The van der Waals surface area contributed by atoms with Crippen LogP contribution in [-0.2, 0) is 4.79 Å². The Labute approximate surface area is 132 Å². The van der Waals surface area contributed by atoms with Crippen LogP contribution in [0.4, 0.5) is 4.39 Å². The van der Waals surface area contributed by atoms with Crippen molar-refractivity contribution < 1.29 is 13.9 Å². The third-order valence-electron chi connectivity index (χ3n) is 3.67. The van der Waals surface area contributed by atoms with Gasteiger partial charge in [0, 0.05) is 6.92 Å². The number of carbonyl (C=O) groups is 1. The summed E-state index contributed by atoms with van der Waals surface area (Å²) in [5.74, 6) is -0.420. The minimum atomic E-state index is -0.736. The van der Waals surface area contributed by atoms with Crippen LogP contribution in [-0.4, -0.2) is 12.9 Å². The van der Waals surface area contributed by atoms with E-state index in [2.05, 4.69) is 6.92 Å². The van der Waals surface area contributed by atoms with Crippen molar-refractivity contribution in [1.29, 1.82) is 0 Å². The molecule has 0 saturated carbocycles. The number of hydrogen-bond acceptors (Lipinski definition) is 2. The lowest BCUT2D eigenvalue weighted by molar-refractivity contribution is -0.114. The predicted molar refractivity (Wildman–Crippen MR) is 89.9 cm³/mol. The standard InChI is InChI=1S/C19H23FO2/c1-12(8-10-18(20)16(5)21)7-9-17-13(2)11-19(22-6)15(4)14(17)3/h7-11H,1-6H3. The van der Waals surface area contributed by atoms with Crippen molar-refractivity contribution >= 4 is 11.9 Å². The normalized spacial score (nSPS) is 12.9. The Kier molecular flexibility index (Phi) is 6.29. The lowest BCUT2D eigenvalue weighted by atomic mass is 9.96. The maximum absolute atomic E-state index is 13.1. The number of Topliss-reactive ketones (excluding diaryl/α,β-unsaturated/α-hetero) is 1. The van der Waals surface area contributed by atoms with E-state index in [9.17, 15) is 9.18 Å². The van der Waals surface area contributed by atoms with Crippen molar-refractivity contribution in [2.75, 3.05) is 7.11 Å². The molecule has 1 aromatic rings. The molecule has 1 aromatic carbocycles. The van der Waals surface area contributed by atoms with Crippen LogP contribution in [0.2, 0.25) is 0 Å². The molecule has 3 heteroatoms. The van der Waals surface area contributed by atoms with Crippen LogP contribution < -0.4 is 4.74 Å². The second-order valence-electron chi connectivity index (χ2n) is 5.37. The average molecular weight is 302 g/mol. The molecular weight excluding hydrogens is 279 g/mol. The molecule has 0 atom stereocenters. The number of benzene rings is 1. The quantitative estimate of drug-likeness (QED) is 0.564. The summed E-state index contributed by atoms with van der Waals surface area (Å²) in [6.07, 6.45) is 6.70. The van der Waals surface area contributed by atoms with Crippen LogP contribution in [0.15, 0.2) is 35.7 Å². The number of hydrogen-bond donors (Lipinski definition) is 0. The zero-order chi connectivity index (χ0) is 16.9. The Balaban J connectivity index is 3.10. The monoisotopic (exact) mass is 302 g/mol. The van der Waals surface area contributed by atoms with Gasteiger partial charge in [0.2, 0.25) is 0 Å². The molecule has 118 valence electrons. The molecule has 0 aromatic heterocycles. The lowest BCUT2D eigenvalue weighted by Gasteiger charge is -2.13. The van der Waals surface area contributed by atoms with E-state index in [1.807, 2.05) is 39.0 Å². The van der Waals surface area contributed by atoms with Gasteiger partial charge in [-0.3, -0.25) is 4.79 Å². The Bertz CT molecular complexity index is 665. The van der Waals surface area contributed by atoms with Gasteiger partial charge in [-0.15, -0.1) is 0 Å². The first-order valence-corrected chi connectivity index (χ1v) is 7.15. The van der Waals surface area contributed by atoms with E-state index in [0.717, 1.165) is 33.6 Å². The van der Waals surface area contributed by atoms with Gasteiger partial charge in [0.25, 0.3) is 0 Å². The first-order valence-electron chi connectivity index (χ1n) is 7.15. The number of methoxy groups -OCH3 is 1. The molecule has 0 spiro atoms. The minimum Gasteiger partial charge on any atom is -0.496 e. The van der Waals surface area contributed by atoms with E-state index in [0.29, 0.717) is 0 Å². The molecule has 1 rings (SSSR count). The number of rotatable bonds is 5. The highest BCUT2D eigenvalue weighted by Crippen LogP contribution is 2.28. The van der Waals surface area contributed by atoms with Crippen LogP contribution in [0, 0.1) is 20.8 Å². The first-order chi connectivity index (χ1) is 10.3. The average Bonchev–Trinajstić information content (AvgIpc) is 2.47. The Hall–Kier alpha value is -2.16. The fraction of sp³-hybridized carbons (Fsp3) is 0.316. The first kappa shape index (κ1) is 17.9. The summed E-state index contributed by atoms with van der Waals surface area (Å²) >= 11 is 0. The van der Waals surface area contributed by atoms with E-state index in [1.54, 1.807) is 13.2 Å². The fourth-order valence-corrected chi connectivity index (χ4v) is 2.13. The number of aryl methyl sites for hydroxylation is 1. The Morgan fingerprint density at radius 3 is 2.32 bits per heavy atom. The van der Waals surface area contributed by atoms with Gasteiger partial charge >= 0.3 is 0 Å². The van der Waals surface area contributed by atoms with Gasteiger partial charge in [0.05, 0.1) is 7.11 Å². The summed E-state index contributed by atoms with van der Waals surface area (Å²) in [5.41, 5.74) is 5.38. The second-order valence-corrected chi connectivity index (χ2v) is 5.37. The van der Waals surface area contributed by atoms with Crippen LogP contribution in [0.25, 0.3) is 6.08 Å². The van der Waals surface area contributed by atoms with Gasteiger partial charge in [0.1, 0.15) is 5.75 Å². The van der Waals surface area contributed by atoms with E-state index in [4.69, 9.17) is 4.74 Å². The predicted octanol–water partition coefficient (Wildman–Crippen LogP) is 5.02. The van der Waals surface area contributed by atoms with Gasteiger partial charge in [-0.2, -0.15) is 0 Å². The molecule has 0 fully saturated rings. The van der Waals surface area contributed by atoms with Crippen molar-refractivity contribution in [3.63, 3.8) is 0 Å². The molecule has 0 unspecified atom stereocenters. The van der Waals surface area contributed by atoms with Crippen molar-refractivity contribution in [2.24, 2.45) is 0 Å². The molecule has 0 aliphatic carbocycles. The highest BCUT2D eigenvalue weighted by Gasteiger charge is 2.08. The Morgan fingerprint density at radius 2 is 1.77 bits per heavy atom. The molecule has 0 aliphatic rings. The summed E-state index contributed by atoms with van der Waals surface area (Å²) in [7, 11) is 1.67.